The average Bonchev–Trinajstić information content (AvgIpc) is 2.51. The topological polar surface area (TPSA) is 40.1 Å². The van der Waals surface area contributed by atoms with Gasteiger partial charge in [0, 0.05) is 33.7 Å². The second kappa shape index (κ2) is 11.5. The van der Waals surface area contributed by atoms with E-state index in [-0.39, 0.29) is 24.0 Å². The number of methoxy groups -OCH3 is 1. The van der Waals surface area contributed by atoms with E-state index in [9.17, 15) is 0 Å². The molecule has 22 heavy (non-hydrogen) atoms. The van der Waals surface area contributed by atoms with Crippen LogP contribution in [-0.2, 0) is 6.54 Å². The molecule has 0 aliphatic rings. The summed E-state index contributed by atoms with van der Waals surface area (Å²) in [5, 5.41) is 3.39. The van der Waals surface area contributed by atoms with Gasteiger partial charge in [0.05, 0.1) is 7.11 Å². The lowest BCUT2D eigenvalue weighted by molar-refractivity contribution is 0.353. The first kappa shape index (κ1) is 21.0. The molecule has 0 heterocycles. The number of nitrogens with one attached hydrogen (secondary N) is 1. The van der Waals surface area contributed by atoms with Gasteiger partial charge in [0.1, 0.15) is 5.75 Å². The molecule has 0 fully saturated rings. The average molecular weight is 420 g/mol. The lowest BCUT2D eigenvalue weighted by atomic mass is 10.2. The summed E-state index contributed by atoms with van der Waals surface area (Å²) >= 11 is 0. The fraction of sp³-hybridized carbons (Fsp3) is 0.562. The van der Waals surface area contributed by atoms with Gasteiger partial charge in [-0.15, -0.1) is 24.0 Å². The van der Waals surface area contributed by atoms with Gasteiger partial charge in [0.15, 0.2) is 5.96 Å². The van der Waals surface area contributed by atoms with Crippen molar-refractivity contribution in [3.05, 3.63) is 29.8 Å². The number of aliphatic imine (C=N–C) groups is 1. The van der Waals surface area contributed by atoms with E-state index in [1.165, 1.54) is 5.56 Å². The fourth-order valence-corrected chi connectivity index (χ4v) is 1.98. The van der Waals surface area contributed by atoms with E-state index in [4.69, 9.17) is 4.74 Å². The molecule has 1 N–H and O–H groups in total. The quantitative estimate of drug-likeness (QED) is 0.418. The molecule has 1 aromatic carbocycles. The molecule has 6 heteroatoms. The molecular weight excluding hydrogens is 391 g/mol. The van der Waals surface area contributed by atoms with Crippen LogP contribution in [0.15, 0.2) is 29.3 Å². The first-order valence-electron chi connectivity index (χ1n) is 7.34. The van der Waals surface area contributed by atoms with Gasteiger partial charge < -0.3 is 19.9 Å². The third-order valence-electron chi connectivity index (χ3n) is 3.47. The summed E-state index contributed by atoms with van der Waals surface area (Å²) in [7, 11) is 7.66. The van der Waals surface area contributed by atoms with E-state index in [1.807, 2.05) is 26.2 Å². The number of likely N-dealkylation sites (N-methyl/N-ethyl adjacent to an activating group) is 1. The number of nitrogens with zero attached hydrogens (tertiary/aromatic N) is 3. The SMILES string of the molecule is CCN(C)CCNC(=NC)N(C)Cc1ccc(OC)cc1.I. The maximum absolute atomic E-state index is 5.17. The maximum Gasteiger partial charge on any atom is 0.193 e. The third kappa shape index (κ3) is 7.31. The molecule has 0 saturated carbocycles. The van der Waals surface area contributed by atoms with Gasteiger partial charge in [-0.1, -0.05) is 19.1 Å². The van der Waals surface area contributed by atoms with Gasteiger partial charge in [-0.2, -0.15) is 0 Å². The number of benzene rings is 1. The van der Waals surface area contributed by atoms with E-state index in [0.717, 1.165) is 37.9 Å². The standard InChI is InChI=1S/C16H28N4O.HI/c1-6-19(3)12-11-18-16(17-2)20(4)13-14-7-9-15(21-5)10-8-14;/h7-10H,6,11-13H2,1-5H3,(H,17,18);1H. The van der Waals surface area contributed by atoms with Gasteiger partial charge in [-0.25, -0.2) is 0 Å². The summed E-state index contributed by atoms with van der Waals surface area (Å²) in [4.78, 5) is 8.72. The molecule has 0 saturated heterocycles. The van der Waals surface area contributed by atoms with Crippen LogP contribution >= 0.6 is 24.0 Å². The van der Waals surface area contributed by atoms with Crippen LogP contribution in [-0.4, -0.2) is 63.6 Å². The number of hydrogen-bond donors (Lipinski definition) is 1. The minimum atomic E-state index is 0. The molecule has 0 spiro atoms. The molecule has 0 aromatic heterocycles. The number of guanidine groups is 1. The van der Waals surface area contributed by atoms with Gasteiger partial charge in [-0.05, 0) is 31.3 Å². The Morgan fingerprint density at radius 1 is 1.23 bits per heavy atom. The first-order chi connectivity index (χ1) is 10.1. The molecule has 0 amide bonds. The van der Waals surface area contributed by atoms with Crippen LogP contribution in [0.4, 0.5) is 0 Å². The van der Waals surface area contributed by atoms with Crippen LogP contribution in [0.2, 0.25) is 0 Å². The Balaban J connectivity index is 0.00000441. The van der Waals surface area contributed by atoms with Crippen molar-refractivity contribution < 1.29 is 4.74 Å². The predicted molar refractivity (Wildman–Crippen MR) is 104 cm³/mol. The number of ether oxygens (including phenoxy) is 1. The highest BCUT2D eigenvalue weighted by atomic mass is 127. The second-order valence-corrected chi connectivity index (χ2v) is 5.07. The van der Waals surface area contributed by atoms with Crippen LogP contribution in [0.25, 0.3) is 0 Å². The van der Waals surface area contributed by atoms with Crippen molar-refractivity contribution in [3.63, 3.8) is 0 Å². The molecule has 0 aliphatic carbocycles. The molecule has 126 valence electrons. The van der Waals surface area contributed by atoms with Crippen molar-refractivity contribution >= 4 is 29.9 Å². The summed E-state index contributed by atoms with van der Waals surface area (Å²) in [5.74, 6) is 1.79. The van der Waals surface area contributed by atoms with Crippen molar-refractivity contribution in [2.75, 3.05) is 47.9 Å². The van der Waals surface area contributed by atoms with E-state index in [1.54, 1.807) is 7.11 Å². The van der Waals surface area contributed by atoms with Gasteiger partial charge in [0.2, 0.25) is 0 Å². The highest BCUT2D eigenvalue weighted by molar-refractivity contribution is 14.0. The maximum atomic E-state index is 5.17. The van der Waals surface area contributed by atoms with Gasteiger partial charge >= 0.3 is 0 Å². The lowest BCUT2D eigenvalue weighted by Crippen LogP contribution is -2.41. The highest BCUT2D eigenvalue weighted by Gasteiger charge is 2.06. The van der Waals surface area contributed by atoms with E-state index in [0.29, 0.717) is 0 Å². The van der Waals surface area contributed by atoms with Crippen molar-refractivity contribution in [2.45, 2.75) is 13.5 Å². The Labute approximate surface area is 151 Å². The summed E-state index contributed by atoms with van der Waals surface area (Å²) in [6, 6.07) is 8.12. The molecule has 0 aliphatic heterocycles. The minimum Gasteiger partial charge on any atom is -0.497 e. The van der Waals surface area contributed by atoms with Crippen LogP contribution in [0.3, 0.4) is 0 Å². The van der Waals surface area contributed by atoms with Crippen LogP contribution < -0.4 is 10.1 Å². The third-order valence-corrected chi connectivity index (χ3v) is 3.47. The molecule has 0 atom stereocenters. The summed E-state index contributed by atoms with van der Waals surface area (Å²) in [5.41, 5.74) is 1.23. The largest absolute Gasteiger partial charge is 0.497 e. The lowest BCUT2D eigenvalue weighted by Gasteiger charge is -2.23. The van der Waals surface area contributed by atoms with Gasteiger partial charge in [-0.3, -0.25) is 4.99 Å². The van der Waals surface area contributed by atoms with Crippen LogP contribution in [0.1, 0.15) is 12.5 Å². The zero-order valence-corrected chi connectivity index (χ0v) is 16.6. The van der Waals surface area contributed by atoms with E-state index < -0.39 is 0 Å². The number of rotatable bonds is 7. The Kier molecular flexibility index (Phi) is 11.0. The number of halogens is 1. The Bertz CT molecular complexity index is 436. The first-order valence-corrected chi connectivity index (χ1v) is 7.34. The Morgan fingerprint density at radius 3 is 2.36 bits per heavy atom. The molecule has 1 aromatic rings. The van der Waals surface area contributed by atoms with E-state index >= 15 is 0 Å². The monoisotopic (exact) mass is 420 g/mol. The summed E-state index contributed by atoms with van der Waals surface area (Å²) in [6.45, 7) is 5.93. The normalized spacial score (nSPS) is 11.1. The predicted octanol–water partition coefficient (Wildman–Crippen LogP) is 2.27. The molecule has 0 radical (unpaired) electrons. The van der Waals surface area contributed by atoms with Crippen molar-refractivity contribution in [1.29, 1.82) is 0 Å². The van der Waals surface area contributed by atoms with Crippen molar-refractivity contribution in [2.24, 2.45) is 4.99 Å². The molecule has 5 nitrogen and oxygen atoms in total. The molecular formula is C16H29IN4O. The second-order valence-electron chi connectivity index (χ2n) is 5.07. The van der Waals surface area contributed by atoms with E-state index in [2.05, 4.69) is 46.2 Å². The molecule has 0 bridgehead atoms. The van der Waals surface area contributed by atoms with Gasteiger partial charge in [0.25, 0.3) is 0 Å². The zero-order chi connectivity index (χ0) is 15.7. The number of hydrogen-bond acceptors (Lipinski definition) is 3. The van der Waals surface area contributed by atoms with Crippen molar-refractivity contribution in [1.82, 2.24) is 15.1 Å². The van der Waals surface area contributed by atoms with Crippen LogP contribution in [0, 0.1) is 0 Å². The molecule has 1 rings (SSSR count). The summed E-state index contributed by atoms with van der Waals surface area (Å²) in [6.07, 6.45) is 0. The highest BCUT2D eigenvalue weighted by Crippen LogP contribution is 2.12. The Hall–Kier alpha value is -1.02. The molecule has 0 unspecified atom stereocenters. The van der Waals surface area contributed by atoms with Crippen molar-refractivity contribution in [3.8, 4) is 5.75 Å². The van der Waals surface area contributed by atoms with Crippen LogP contribution in [0.5, 0.6) is 5.75 Å². The Morgan fingerprint density at radius 2 is 1.86 bits per heavy atom. The zero-order valence-electron chi connectivity index (χ0n) is 14.3. The fourth-order valence-electron chi connectivity index (χ4n) is 1.98. The smallest absolute Gasteiger partial charge is 0.193 e. The summed E-state index contributed by atoms with van der Waals surface area (Å²) < 4.78 is 5.17. The minimum absolute atomic E-state index is 0.